The summed E-state index contributed by atoms with van der Waals surface area (Å²) in [5.74, 6) is 1.84. The average Bonchev–Trinajstić information content (AvgIpc) is 4.09. The molecule has 2 fully saturated rings. The molecular weight excluding hydrogens is 625 g/mol. The van der Waals surface area contributed by atoms with Crippen LogP contribution in [0.5, 0.6) is 11.5 Å². The molecular formula is C48H70O3. The maximum atomic E-state index is 6.80. The first kappa shape index (κ1) is 40.9. The summed E-state index contributed by atoms with van der Waals surface area (Å²) in [4.78, 5) is 0. The molecule has 2 aliphatic rings. The van der Waals surface area contributed by atoms with Crippen LogP contribution in [0.15, 0.2) is 72.9 Å². The lowest BCUT2D eigenvalue weighted by atomic mass is 9.99. The molecule has 2 atom stereocenters. The van der Waals surface area contributed by atoms with Crippen LogP contribution in [-0.2, 0) is 22.3 Å². The molecule has 4 rings (SSSR count). The molecule has 0 spiro atoms. The second-order valence-electron chi connectivity index (χ2n) is 14.9. The first-order valence-electron chi connectivity index (χ1n) is 21.1. The lowest BCUT2D eigenvalue weighted by Crippen LogP contribution is -2.03. The van der Waals surface area contributed by atoms with Gasteiger partial charge in [-0.25, -0.2) is 0 Å². The van der Waals surface area contributed by atoms with E-state index in [0.29, 0.717) is 0 Å². The van der Waals surface area contributed by atoms with Crippen LogP contribution in [0.3, 0.4) is 0 Å². The molecule has 0 aromatic heterocycles. The van der Waals surface area contributed by atoms with E-state index >= 15 is 0 Å². The van der Waals surface area contributed by atoms with Gasteiger partial charge in [-0.15, -0.1) is 0 Å². The number of epoxide rings is 2. The van der Waals surface area contributed by atoms with Crippen molar-refractivity contribution in [3.8, 4) is 11.5 Å². The Morgan fingerprint density at radius 1 is 0.510 bits per heavy atom. The summed E-state index contributed by atoms with van der Waals surface area (Å²) in [5.41, 5.74) is 4.85. The van der Waals surface area contributed by atoms with E-state index in [0.717, 1.165) is 50.4 Å². The molecule has 0 saturated carbocycles. The molecule has 0 N–H and O–H groups in total. The Balaban J connectivity index is 1.29. The van der Waals surface area contributed by atoms with Crippen molar-refractivity contribution in [2.75, 3.05) is 13.2 Å². The standard InChI is InChI=1S/C48H70O3/c1-3-5-7-9-11-13-15-17-19-21-23-25-27-31-41-33-29-35-47(45(41)37-43-39-49-43)51-48-36-30-34-42(46(48)38-44-40-50-44)32-28-26-24-22-20-18-16-14-12-10-8-6-4-2/h23-36,43-44H,3-22,37-40H2,1-2H3/b25-23+,26-24+,31-27+,32-28+. The molecule has 2 heterocycles. The Morgan fingerprint density at radius 3 is 1.25 bits per heavy atom. The Morgan fingerprint density at radius 2 is 0.882 bits per heavy atom. The molecule has 3 heteroatoms. The Labute approximate surface area is 312 Å². The lowest BCUT2D eigenvalue weighted by Gasteiger charge is -2.17. The van der Waals surface area contributed by atoms with Gasteiger partial charge in [0.15, 0.2) is 0 Å². The normalized spacial score (nSPS) is 17.1. The van der Waals surface area contributed by atoms with Crippen molar-refractivity contribution in [2.45, 2.75) is 167 Å². The van der Waals surface area contributed by atoms with E-state index in [1.165, 1.54) is 138 Å². The Hall–Kier alpha value is -2.88. The minimum atomic E-state index is 0.278. The van der Waals surface area contributed by atoms with Gasteiger partial charge < -0.3 is 14.2 Å². The molecule has 3 nitrogen and oxygen atoms in total. The largest absolute Gasteiger partial charge is 0.457 e. The SMILES string of the molecule is CCCCCCCCCCC/C=C/C=C/c1cccc(Oc2cccc(/C=C/C=C/CCCCCCCCCCC)c2CC2CO2)c1CC1CO1. The van der Waals surface area contributed by atoms with Crippen LogP contribution in [0.2, 0.25) is 0 Å². The molecule has 2 aliphatic heterocycles. The van der Waals surface area contributed by atoms with Crippen molar-refractivity contribution in [2.24, 2.45) is 0 Å². The number of benzene rings is 2. The maximum Gasteiger partial charge on any atom is 0.131 e. The van der Waals surface area contributed by atoms with Crippen molar-refractivity contribution in [1.29, 1.82) is 0 Å². The maximum absolute atomic E-state index is 6.80. The third-order valence-corrected chi connectivity index (χ3v) is 10.2. The monoisotopic (exact) mass is 695 g/mol. The molecule has 2 saturated heterocycles. The average molecular weight is 695 g/mol. The van der Waals surface area contributed by atoms with Crippen molar-refractivity contribution < 1.29 is 14.2 Å². The van der Waals surface area contributed by atoms with E-state index in [1.54, 1.807) is 0 Å². The molecule has 0 aliphatic carbocycles. The smallest absolute Gasteiger partial charge is 0.131 e. The summed E-state index contributed by atoms with van der Waals surface area (Å²) in [7, 11) is 0. The van der Waals surface area contributed by atoms with E-state index in [2.05, 4.69) is 98.9 Å². The number of hydrogen-bond acceptors (Lipinski definition) is 3. The second-order valence-corrected chi connectivity index (χ2v) is 14.9. The number of allylic oxidation sites excluding steroid dienone is 6. The van der Waals surface area contributed by atoms with Crippen LogP contribution < -0.4 is 4.74 Å². The fraction of sp³-hybridized carbons (Fsp3) is 0.583. The van der Waals surface area contributed by atoms with E-state index in [-0.39, 0.29) is 12.2 Å². The highest BCUT2D eigenvalue weighted by atomic mass is 16.6. The van der Waals surface area contributed by atoms with Gasteiger partial charge in [0.1, 0.15) is 11.5 Å². The third kappa shape index (κ3) is 17.9. The van der Waals surface area contributed by atoms with E-state index in [4.69, 9.17) is 14.2 Å². The van der Waals surface area contributed by atoms with Crippen LogP contribution in [-0.4, -0.2) is 25.4 Å². The van der Waals surface area contributed by atoms with Gasteiger partial charge in [0.05, 0.1) is 25.4 Å². The predicted molar refractivity (Wildman–Crippen MR) is 220 cm³/mol. The minimum Gasteiger partial charge on any atom is -0.457 e. The Kier molecular flexibility index (Phi) is 20.8. The fourth-order valence-electron chi connectivity index (χ4n) is 6.86. The molecule has 2 aromatic carbocycles. The van der Waals surface area contributed by atoms with E-state index < -0.39 is 0 Å². The molecule has 280 valence electrons. The molecule has 2 aromatic rings. The molecule has 51 heavy (non-hydrogen) atoms. The summed E-state index contributed by atoms with van der Waals surface area (Å²) < 4.78 is 18.2. The van der Waals surface area contributed by atoms with Crippen LogP contribution in [0.4, 0.5) is 0 Å². The number of unbranched alkanes of at least 4 members (excludes halogenated alkanes) is 18. The zero-order chi connectivity index (χ0) is 35.6. The minimum absolute atomic E-state index is 0.278. The zero-order valence-electron chi connectivity index (χ0n) is 32.4. The first-order valence-corrected chi connectivity index (χ1v) is 21.1. The van der Waals surface area contributed by atoms with Gasteiger partial charge >= 0.3 is 0 Å². The van der Waals surface area contributed by atoms with Crippen molar-refractivity contribution in [3.63, 3.8) is 0 Å². The topological polar surface area (TPSA) is 34.3 Å². The summed E-state index contributed by atoms with van der Waals surface area (Å²) in [5, 5.41) is 0. The summed E-state index contributed by atoms with van der Waals surface area (Å²) in [6.07, 6.45) is 47.2. The first-order chi connectivity index (χ1) is 25.3. The van der Waals surface area contributed by atoms with E-state index in [9.17, 15) is 0 Å². The summed E-state index contributed by atoms with van der Waals surface area (Å²) >= 11 is 0. The highest BCUT2D eigenvalue weighted by Crippen LogP contribution is 2.36. The zero-order valence-corrected chi connectivity index (χ0v) is 32.4. The molecule has 0 bridgehead atoms. The van der Waals surface area contributed by atoms with Gasteiger partial charge in [-0.2, -0.15) is 0 Å². The van der Waals surface area contributed by atoms with Gasteiger partial charge in [0.2, 0.25) is 0 Å². The number of ether oxygens (including phenoxy) is 3. The fourth-order valence-corrected chi connectivity index (χ4v) is 6.86. The van der Waals surface area contributed by atoms with Crippen molar-refractivity contribution in [3.05, 3.63) is 95.1 Å². The second kappa shape index (κ2) is 26.0. The van der Waals surface area contributed by atoms with Crippen LogP contribution in [0.1, 0.15) is 165 Å². The molecule has 0 amide bonds. The van der Waals surface area contributed by atoms with Gasteiger partial charge in [-0.3, -0.25) is 0 Å². The third-order valence-electron chi connectivity index (χ3n) is 10.2. The highest BCUT2D eigenvalue weighted by molar-refractivity contribution is 5.62. The van der Waals surface area contributed by atoms with Gasteiger partial charge in [-0.1, -0.05) is 189 Å². The lowest BCUT2D eigenvalue weighted by molar-refractivity contribution is 0.398. The van der Waals surface area contributed by atoms with Crippen LogP contribution in [0, 0.1) is 0 Å². The van der Waals surface area contributed by atoms with Gasteiger partial charge in [-0.05, 0) is 48.9 Å². The summed E-state index contributed by atoms with van der Waals surface area (Å²) in [6, 6.07) is 12.9. The van der Waals surface area contributed by atoms with Gasteiger partial charge in [0.25, 0.3) is 0 Å². The molecule has 0 radical (unpaired) electrons. The Bertz CT molecular complexity index is 1220. The van der Waals surface area contributed by atoms with Crippen molar-refractivity contribution in [1.82, 2.24) is 0 Å². The van der Waals surface area contributed by atoms with Crippen molar-refractivity contribution >= 4 is 12.2 Å². The number of rotatable bonds is 30. The van der Waals surface area contributed by atoms with Gasteiger partial charge in [0, 0.05) is 24.0 Å². The van der Waals surface area contributed by atoms with Crippen LogP contribution in [0.25, 0.3) is 12.2 Å². The number of hydrogen-bond donors (Lipinski definition) is 0. The van der Waals surface area contributed by atoms with E-state index in [1.807, 2.05) is 0 Å². The summed E-state index contributed by atoms with van der Waals surface area (Å²) in [6.45, 7) is 6.23. The quantitative estimate of drug-likeness (QED) is 0.0464. The highest BCUT2D eigenvalue weighted by Gasteiger charge is 2.28. The predicted octanol–water partition coefficient (Wildman–Crippen LogP) is 14.3. The van der Waals surface area contributed by atoms with Crippen LogP contribution >= 0.6 is 0 Å². The molecule has 2 unspecified atom stereocenters.